The Balaban J connectivity index is 1.41. The van der Waals surface area contributed by atoms with E-state index in [1.54, 1.807) is 4.68 Å². The predicted octanol–water partition coefficient (Wildman–Crippen LogP) is 6.84. The summed E-state index contributed by atoms with van der Waals surface area (Å²) >= 11 is 7.76. The van der Waals surface area contributed by atoms with Crippen molar-refractivity contribution in [3.8, 4) is 0 Å². The molecule has 44 heavy (non-hydrogen) atoms. The Morgan fingerprint density at radius 1 is 1.14 bits per heavy atom. The number of fused-ring (bicyclic) bond motifs is 2. The Hall–Kier alpha value is -1.51. The summed E-state index contributed by atoms with van der Waals surface area (Å²) in [5.41, 5.74) is -0.872. The number of anilines is 1. The van der Waals surface area contributed by atoms with Crippen molar-refractivity contribution in [3.05, 3.63) is 11.5 Å². The minimum atomic E-state index is -3.47. The molecule has 1 N–H and O–H groups in total. The summed E-state index contributed by atoms with van der Waals surface area (Å²) in [6.07, 6.45) is 1.59. The molecule has 1 saturated carbocycles. The monoisotopic (exact) mass is 675 g/mol. The lowest BCUT2D eigenvalue weighted by Crippen LogP contribution is -2.38. The van der Waals surface area contributed by atoms with Crippen LogP contribution >= 0.6 is 31.0 Å². The van der Waals surface area contributed by atoms with Crippen LogP contribution in [0.4, 0.5) is 10.6 Å². The van der Waals surface area contributed by atoms with E-state index < -0.39 is 55.2 Å². The number of nitrogens with zero attached hydrogens (tertiary/aromatic N) is 5. The van der Waals surface area contributed by atoms with Crippen molar-refractivity contribution in [1.29, 1.82) is 0 Å². The number of carboxylic acid groups (broad SMARTS) is 1. The molecule has 0 spiro atoms. The van der Waals surface area contributed by atoms with Gasteiger partial charge in [0.1, 0.15) is 12.2 Å². The van der Waals surface area contributed by atoms with Crippen LogP contribution in [-0.4, -0.2) is 83.5 Å². The molecule has 3 fully saturated rings. The van der Waals surface area contributed by atoms with E-state index in [-0.39, 0.29) is 22.6 Å². The van der Waals surface area contributed by atoms with Gasteiger partial charge in [0.05, 0.1) is 34.4 Å². The topological polar surface area (TPSA) is 147 Å². The van der Waals surface area contributed by atoms with Gasteiger partial charge in [-0.1, -0.05) is 12.8 Å². The fourth-order valence-corrected chi connectivity index (χ4v) is 10.1. The Kier molecular flexibility index (Phi) is 9.43. The molecule has 246 valence electrons. The Bertz CT molecular complexity index is 1400. The summed E-state index contributed by atoms with van der Waals surface area (Å²) in [4.78, 5) is 22.4. The molecule has 5 rings (SSSR count). The summed E-state index contributed by atoms with van der Waals surface area (Å²) in [6, 6.07) is -0.202. The lowest BCUT2D eigenvalue weighted by Gasteiger charge is -2.32. The quantitative estimate of drug-likeness (QED) is 0.219. The molecule has 4 heterocycles. The van der Waals surface area contributed by atoms with E-state index in [2.05, 4.69) is 15.1 Å². The normalized spacial score (nSPS) is 26.0. The molecule has 0 aromatic carbocycles. The van der Waals surface area contributed by atoms with E-state index in [4.69, 9.17) is 34.9 Å². The van der Waals surface area contributed by atoms with Gasteiger partial charge in [0.25, 0.3) is 0 Å². The van der Waals surface area contributed by atoms with Crippen LogP contribution < -0.4 is 4.90 Å². The zero-order valence-electron chi connectivity index (χ0n) is 26.5. The number of hydrogen-bond acceptors (Lipinski definition) is 11. The van der Waals surface area contributed by atoms with Crippen molar-refractivity contribution in [2.75, 3.05) is 16.1 Å². The number of aromatic nitrogens is 4. The number of carbonyl (C=O) groups is 1. The lowest BCUT2D eigenvalue weighted by atomic mass is 10.1. The highest BCUT2D eigenvalue weighted by Gasteiger charge is 2.56. The van der Waals surface area contributed by atoms with E-state index >= 15 is 0 Å². The number of rotatable bonds is 9. The van der Waals surface area contributed by atoms with Gasteiger partial charge in [-0.05, 0) is 79.8 Å². The van der Waals surface area contributed by atoms with Crippen LogP contribution in [0.25, 0.3) is 11.0 Å². The summed E-state index contributed by atoms with van der Waals surface area (Å²) in [5.74, 6) is -0.273. The van der Waals surface area contributed by atoms with Crippen LogP contribution in [0.15, 0.2) is 6.20 Å². The molecule has 2 saturated heterocycles. The maximum Gasteiger partial charge on any atom is 0.413 e. The summed E-state index contributed by atoms with van der Waals surface area (Å²) in [7, 11) is -3.47. The Morgan fingerprint density at radius 2 is 1.75 bits per heavy atom. The molecule has 4 atom stereocenters. The number of hydrogen-bond donors (Lipinski definition) is 1. The van der Waals surface area contributed by atoms with Gasteiger partial charge in [0.2, 0.25) is 5.28 Å². The second kappa shape index (κ2) is 12.3. The van der Waals surface area contributed by atoms with Crippen molar-refractivity contribution >= 4 is 53.9 Å². The molecular weight excluding hydrogens is 633 g/mol. The van der Waals surface area contributed by atoms with Crippen LogP contribution in [-0.2, 0) is 27.8 Å². The van der Waals surface area contributed by atoms with Gasteiger partial charge in [-0.3, -0.25) is 9.46 Å². The molecular formula is C28H43ClN5O8PS. The molecule has 3 aliphatic rings. The van der Waals surface area contributed by atoms with Crippen LogP contribution in [0.5, 0.6) is 0 Å². The first-order valence-electron chi connectivity index (χ1n) is 14.9. The lowest BCUT2D eigenvalue weighted by molar-refractivity contribution is -0.195. The van der Waals surface area contributed by atoms with Crippen molar-refractivity contribution in [1.82, 2.24) is 19.7 Å². The SMILES string of the molecule is CC(C)(C)OP(=O)(CSC[C@H]1O[C@@H](n2ncc3c(N(C(=O)O)C4CCCC4)nc(Cl)nc32)[C@@H]2OC(C)(C)O[C@@H]21)OC(C)(C)C. The second-order valence-corrected chi connectivity index (χ2v) is 17.6. The predicted molar refractivity (Wildman–Crippen MR) is 167 cm³/mol. The fraction of sp³-hybridized carbons (Fsp3) is 0.786. The van der Waals surface area contributed by atoms with E-state index in [1.807, 2.05) is 55.4 Å². The molecule has 2 aromatic rings. The van der Waals surface area contributed by atoms with Crippen molar-refractivity contribution in [2.45, 2.75) is 129 Å². The zero-order chi connectivity index (χ0) is 32.2. The third-order valence-corrected chi connectivity index (χ3v) is 11.6. The molecule has 1 aliphatic carbocycles. The van der Waals surface area contributed by atoms with Gasteiger partial charge in [-0.15, -0.1) is 11.8 Å². The van der Waals surface area contributed by atoms with Crippen LogP contribution in [0.2, 0.25) is 5.28 Å². The highest BCUT2D eigenvalue weighted by molar-refractivity contribution is 8.04. The summed E-state index contributed by atoms with van der Waals surface area (Å²) in [5, 5.41) is 15.0. The first-order chi connectivity index (χ1) is 20.3. The minimum absolute atomic E-state index is 0.0995. The van der Waals surface area contributed by atoms with E-state index in [0.717, 1.165) is 25.7 Å². The summed E-state index contributed by atoms with van der Waals surface area (Å²) in [6.45, 7) is 14.7. The van der Waals surface area contributed by atoms with E-state index in [1.165, 1.54) is 22.9 Å². The van der Waals surface area contributed by atoms with E-state index in [9.17, 15) is 14.5 Å². The molecule has 0 bridgehead atoms. The molecule has 2 aliphatic heterocycles. The van der Waals surface area contributed by atoms with Gasteiger partial charge >= 0.3 is 13.7 Å². The number of halogens is 1. The third-order valence-electron chi connectivity index (χ3n) is 7.25. The average Bonchev–Trinajstić information content (AvgIpc) is 3.61. The largest absolute Gasteiger partial charge is 0.465 e. The zero-order valence-corrected chi connectivity index (χ0v) is 28.9. The van der Waals surface area contributed by atoms with Gasteiger partial charge in [0, 0.05) is 11.8 Å². The highest BCUT2D eigenvalue weighted by Crippen LogP contribution is 2.57. The smallest absolute Gasteiger partial charge is 0.413 e. The average molecular weight is 676 g/mol. The first kappa shape index (κ1) is 33.8. The third kappa shape index (κ3) is 7.54. The van der Waals surface area contributed by atoms with Crippen molar-refractivity contribution in [3.63, 3.8) is 0 Å². The molecule has 0 radical (unpaired) electrons. The molecule has 16 heteroatoms. The van der Waals surface area contributed by atoms with Gasteiger partial charge in [-0.25, -0.2) is 9.48 Å². The molecule has 0 unspecified atom stereocenters. The molecule has 13 nitrogen and oxygen atoms in total. The van der Waals surface area contributed by atoms with Crippen molar-refractivity contribution < 1.29 is 37.7 Å². The molecule has 2 aromatic heterocycles. The molecule has 1 amide bonds. The number of amides is 1. The second-order valence-electron chi connectivity index (χ2n) is 13.9. The van der Waals surface area contributed by atoms with Gasteiger partial charge in [-0.2, -0.15) is 15.1 Å². The first-order valence-corrected chi connectivity index (χ1v) is 18.1. The Labute approximate surface area is 267 Å². The van der Waals surface area contributed by atoms with E-state index in [0.29, 0.717) is 16.8 Å². The fourth-order valence-electron chi connectivity index (χ4n) is 6.01. The Morgan fingerprint density at radius 3 is 2.34 bits per heavy atom. The maximum absolute atomic E-state index is 13.8. The highest BCUT2D eigenvalue weighted by atomic mass is 35.5. The maximum atomic E-state index is 13.8. The summed E-state index contributed by atoms with van der Waals surface area (Å²) < 4.78 is 46.3. The van der Waals surface area contributed by atoms with Gasteiger partial charge < -0.3 is 28.4 Å². The van der Waals surface area contributed by atoms with Gasteiger partial charge in [0.15, 0.2) is 23.5 Å². The number of ether oxygens (including phenoxy) is 3. The van der Waals surface area contributed by atoms with Crippen LogP contribution in [0.1, 0.15) is 87.3 Å². The number of thioether (sulfide) groups is 1. The standard InChI is InChI=1S/C28H43ClN5O8PS/c1-26(2,3)41-43(37,42-27(4,5)6)15-44-14-18-19-20(40-28(7,8)39-19)23(38-18)34-22-17(13-30-34)21(31-24(29)32-22)33(25(35)36)16-11-9-10-12-16/h13,16,18-20,23H,9-12,14-15H2,1-8H3,(H,35,36)/t18-,19-,20-,23-/m1/s1. The van der Waals surface area contributed by atoms with Crippen molar-refractivity contribution in [2.24, 2.45) is 0 Å². The van der Waals surface area contributed by atoms with Crippen LogP contribution in [0, 0.1) is 0 Å². The van der Waals surface area contributed by atoms with Crippen LogP contribution in [0.3, 0.4) is 0 Å². The minimum Gasteiger partial charge on any atom is -0.465 e.